The van der Waals surface area contributed by atoms with E-state index < -0.39 is 12.1 Å². The molecule has 0 unspecified atom stereocenters. The smallest absolute Gasteiger partial charge is 0.475 e. The lowest BCUT2D eigenvalue weighted by Gasteiger charge is -2.37. The molecule has 0 saturated carbocycles. The first-order valence-corrected chi connectivity index (χ1v) is 9.43. The molecule has 29 heavy (non-hydrogen) atoms. The molecule has 2 fully saturated rings. The molecular weight excluding hydrogens is 393 g/mol. The van der Waals surface area contributed by atoms with E-state index in [1.54, 1.807) is 7.11 Å². The van der Waals surface area contributed by atoms with Crippen molar-refractivity contribution in [1.82, 2.24) is 9.80 Å². The molecule has 10 heteroatoms. The van der Waals surface area contributed by atoms with Crippen molar-refractivity contribution in [2.45, 2.75) is 38.9 Å². The van der Waals surface area contributed by atoms with Crippen LogP contribution in [0.15, 0.2) is 16.5 Å². The molecule has 0 aliphatic carbocycles. The number of carbonyl (C=O) groups excluding carboxylic acids is 1. The summed E-state index contributed by atoms with van der Waals surface area (Å²) in [5.41, 5.74) is -0.108. The van der Waals surface area contributed by atoms with E-state index in [4.69, 9.17) is 19.1 Å². The number of furan rings is 1. The van der Waals surface area contributed by atoms with Crippen LogP contribution in [-0.2, 0) is 20.9 Å². The minimum Gasteiger partial charge on any atom is -0.475 e. The molecule has 3 heterocycles. The van der Waals surface area contributed by atoms with Gasteiger partial charge < -0.3 is 19.2 Å². The van der Waals surface area contributed by atoms with Gasteiger partial charge in [0, 0.05) is 20.2 Å². The largest absolute Gasteiger partial charge is 0.490 e. The number of rotatable bonds is 5. The predicted octanol–water partition coefficient (Wildman–Crippen LogP) is 2.68. The lowest BCUT2D eigenvalue weighted by atomic mass is 9.77. The van der Waals surface area contributed by atoms with Crippen molar-refractivity contribution in [1.29, 1.82) is 0 Å². The summed E-state index contributed by atoms with van der Waals surface area (Å²) in [4.78, 5) is 26.0. The fourth-order valence-electron chi connectivity index (χ4n) is 3.70. The van der Waals surface area contributed by atoms with Gasteiger partial charge in [-0.1, -0.05) is 0 Å². The summed E-state index contributed by atoms with van der Waals surface area (Å²) in [7, 11) is 1.69. The van der Waals surface area contributed by atoms with Gasteiger partial charge in [-0.25, -0.2) is 4.79 Å². The number of alkyl halides is 3. The second kappa shape index (κ2) is 9.62. The van der Waals surface area contributed by atoms with Crippen molar-refractivity contribution in [2.24, 2.45) is 5.41 Å². The van der Waals surface area contributed by atoms with Gasteiger partial charge >= 0.3 is 12.1 Å². The fourth-order valence-corrected chi connectivity index (χ4v) is 3.70. The Morgan fingerprint density at radius 3 is 2.31 bits per heavy atom. The number of methoxy groups -OCH3 is 1. The molecule has 2 saturated heterocycles. The van der Waals surface area contributed by atoms with Crippen LogP contribution in [0.3, 0.4) is 0 Å². The molecule has 1 spiro atoms. The number of ether oxygens (including phenoxy) is 1. The number of likely N-dealkylation sites (tertiary alicyclic amines) is 2. The summed E-state index contributed by atoms with van der Waals surface area (Å²) in [6.45, 7) is 7.02. The topological polar surface area (TPSA) is 83.2 Å². The van der Waals surface area contributed by atoms with E-state index in [1.165, 1.54) is 0 Å². The number of aliphatic carboxylic acids is 1. The molecule has 0 atom stereocenters. The molecule has 0 aromatic carbocycles. The Bertz CT molecular complexity index is 696. The van der Waals surface area contributed by atoms with E-state index in [1.807, 2.05) is 24.0 Å². The number of halogens is 3. The Balaban J connectivity index is 0.000000370. The van der Waals surface area contributed by atoms with Gasteiger partial charge in [0.1, 0.15) is 11.5 Å². The molecule has 164 valence electrons. The summed E-state index contributed by atoms with van der Waals surface area (Å²) >= 11 is 0. The highest BCUT2D eigenvalue weighted by Gasteiger charge is 2.47. The number of carbonyl (C=O) groups is 2. The van der Waals surface area contributed by atoms with E-state index in [9.17, 15) is 18.0 Å². The van der Waals surface area contributed by atoms with Crippen LogP contribution in [0.4, 0.5) is 13.2 Å². The highest BCUT2D eigenvalue weighted by atomic mass is 19.4. The SMILES string of the molecule is COCCN1CCC2(CCN(Cc3ccc(C)o3)CC2)C1=O.O=C(O)C(F)(F)F. The third-order valence-corrected chi connectivity index (χ3v) is 5.40. The van der Waals surface area contributed by atoms with Gasteiger partial charge in [-0.15, -0.1) is 0 Å². The number of carboxylic acid groups (broad SMARTS) is 1. The lowest BCUT2D eigenvalue weighted by molar-refractivity contribution is -0.192. The highest BCUT2D eigenvalue weighted by molar-refractivity contribution is 5.85. The molecule has 1 N–H and O–H groups in total. The zero-order valence-corrected chi connectivity index (χ0v) is 16.6. The molecule has 1 amide bonds. The Morgan fingerprint density at radius 1 is 1.24 bits per heavy atom. The predicted molar refractivity (Wildman–Crippen MR) is 97.2 cm³/mol. The van der Waals surface area contributed by atoms with Crippen LogP contribution in [0.5, 0.6) is 0 Å². The number of hydrogen-bond donors (Lipinski definition) is 1. The Hall–Kier alpha value is -2.07. The van der Waals surface area contributed by atoms with Gasteiger partial charge in [0.15, 0.2) is 0 Å². The van der Waals surface area contributed by atoms with Crippen LogP contribution < -0.4 is 0 Å². The number of carboxylic acids is 1. The first-order valence-electron chi connectivity index (χ1n) is 9.43. The second-order valence-electron chi connectivity index (χ2n) is 7.41. The zero-order chi connectivity index (χ0) is 21.7. The first-order chi connectivity index (χ1) is 13.6. The van der Waals surface area contributed by atoms with Crippen LogP contribution in [0, 0.1) is 12.3 Å². The van der Waals surface area contributed by atoms with Gasteiger partial charge in [-0.3, -0.25) is 9.69 Å². The minimum atomic E-state index is -5.08. The van der Waals surface area contributed by atoms with E-state index in [0.29, 0.717) is 12.5 Å². The monoisotopic (exact) mass is 420 g/mol. The average molecular weight is 420 g/mol. The number of hydrogen-bond acceptors (Lipinski definition) is 5. The molecule has 0 radical (unpaired) electrons. The molecule has 0 bridgehead atoms. The van der Waals surface area contributed by atoms with Crippen molar-refractivity contribution < 1.29 is 37.0 Å². The zero-order valence-electron chi connectivity index (χ0n) is 16.6. The number of piperidine rings is 1. The maximum absolute atomic E-state index is 12.7. The first kappa shape index (κ1) is 23.2. The van der Waals surface area contributed by atoms with Gasteiger partial charge in [0.05, 0.1) is 18.6 Å². The molecule has 7 nitrogen and oxygen atoms in total. The van der Waals surface area contributed by atoms with E-state index >= 15 is 0 Å². The van der Waals surface area contributed by atoms with E-state index in [-0.39, 0.29) is 5.41 Å². The number of nitrogens with zero attached hydrogens (tertiary/aromatic N) is 2. The fraction of sp³-hybridized carbons (Fsp3) is 0.684. The van der Waals surface area contributed by atoms with Crippen LogP contribution >= 0.6 is 0 Å². The number of amides is 1. The van der Waals surface area contributed by atoms with Crippen molar-refractivity contribution in [2.75, 3.05) is 39.9 Å². The summed E-state index contributed by atoms with van der Waals surface area (Å²) in [5, 5.41) is 7.12. The van der Waals surface area contributed by atoms with Crippen LogP contribution in [0.1, 0.15) is 30.8 Å². The lowest BCUT2D eigenvalue weighted by Crippen LogP contribution is -2.44. The Labute approximate surface area is 167 Å². The summed E-state index contributed by atoms with van der Waals surface area (Å²) in [6, 6.07) is 4.06. The normalized spacial score (nSPS) is 19.3. The maximum Gasteiger partial charge on any atom is 0.490 e. The number of aryl methyl sites for hydroxylation is 1. The maximum atomic E-state index is 12.7. The molecule has 2 aliphatic rings. The molecule has 2 aliphatic heterocycles. The average Bonchev–Trinajstić information content (AvgIpc) is 3.19. The summed E-state index contributed by atoms with van der Waals surface area (Å²) < 4.78 is 42.5. The van der Waals surface area contributed by atoms with Crippen molar-refractivity contribution in [3.8, 4) is 0 Å². The molecule has 1 aromatic heterocycles. The van der Waals surface area contributed by atoms with Gasteiger partial charge in [-0.2, -0.15) is 13.2 Å². The second-order valence-corrected chi connectivity index (χ2v) is 7.41. The van der Waals surface area contributed by atoms with Gasteiger partial charge in [0.25, 0.3) is 0 Å². The molecule has 3 rings (SSSR count). The van der Waals surface area contributed by atoms with Crippen molar-refractivity contribution >= 4 is 11.9 Å². The third-order valence-electron chi connectivity index (χ3n) is 5.40. The highest BCUT2D eigenvalue weighted by Crippen LogP contribution is 2.41. The van der Waals surface area contributed by atoms with Crippen LogP contribution in [0.2, 0.25) is 0 Å². The minimum absolute atomic E-state index is 0.108. The Kier molecular flexibility index (Phi) is 7.70. The Morgan fingerprint density at radius 2 is 1.83 bits per heavy atom. The standard InChI is InChI=1S/C17H26N2O3.C2HF3O2/c1-14-3-4-15(22-14)13-18-8-5-17(6-9-18)7-10-19(16(17)20)11-12-21-2;3-2(4,5)1(6)7/h3-4H,5-13H2,1-2H3;(H,6,7). The van der Waals surface area contributed by atoms with Crippen molar-refractivity contribution in [3.05, 3.63) is 23.7 Å². The van der Waals surface area contributed by atoms with Gasteiger partial charge in [-0.05, 0) is 51.4 Å². The summed E-state index contributed by atoms with van der Waals surface area (Å²) in [5.74, 6) is -0.429. The van der Waals surface area contributed by atoms with Crippen LogP contribution in [-0.4, -0.2) is 72.9 Å². The molecular formula is C19H27F3N2O5. The van der Waals surface area contributed by atoms with Crippen LogP contribution in [0.25, 0.3) is 0 Å². The quantitative estimate of drug-likeness (QED) is 0.789. The molecule has 1 aromatic rings. The van der Waals surface area contributed by atoms with Gasteiger partial charge in [0.2, 0.25) is 5.91 Å². The van der Waals surface area contributed by atoms with E-state index in [2.05, 4.69) is 4.90 Å². The summed E-state index contributed by atoms with van der Waals surface area (Å²) in [6.07, 6.45) is -2.15. The van der Waals surface area contributed by atoms with E-state index in [0.717, 1.165) is 63.5 Å². The van der Waals surface area contributed by atoms with Crippen molar-refractivity contribution in [3.63, 3.8) is 0 Å². The third kappa shape index (κ3) is 6.20.